The Bertz CT molecular complexity index is 424. The van der Waals surface area contributed by atoms with E-state index in [0.717, 1.165) is 24.3 Å². The lowest BCUT2D eigenvalue weighted by molar-refractivity contribution is 0.000137. The first-order valence-electron chi connectivity index (χ1n) is 7.32. The Balaban J connectivity index is 1.74. The molecule has 1 aromatic carbocycles. The monoisotopic (exact) mass is 279 g/mol. The maximum absolute atomic E-state index is 10.0. The summed E-state index contributed by atoms with van der Waals surface area (Å²) in [7, 11) is 0. The van der Waals surface area contributed by atoms with Crippen molar-refractivity contribution >= 4 is 0 Å². The van der Waals surface area contributed by atoms with E-state index in [9.17, 15) is 10.2 Å². The molecule has 0 amide bonds. The predicted molar refractivity (Wildman–Crippen MR) is 78.9 cm³/mol. The number of ether oxygens (including phenoxy) is 1. The molecular weight excluding hydrogens is 254 g/mol. The molecule has 1 aromatic rings. The van der Waals surface area contributed by atoms with Gasteiger partial charge in [0, 0.05) is 13.1 Å². The van der Waals surface area contributed by atoms with Crippen LogP contribution in [0.4, 0.5) is 0 Å². The van der Waals surface area contributed by atoms with E-state index in [1.54, 1.807) is 0 Å². The second-order valence-electron chi connectivity index (χ2n) is 5.87. The third-order valence-electron chi connectivity index (χ3n) is 3.90. The van der Waals surface area contributed by atoms with Crippen LogP contribution >= 0.6 is 0 Å². The average Bonchev–Trinajstić information content (AvgIpc) is 2.41. The van der Waals surface area contributed by atoms with Gasteiger partial charge in [-0.2, -0.15) is 0 Å². The third-order valence-corrected chi connectivity index (χ3v) is 3.90. The fourth-order valence-corrected chi connectivity index (χ4v) is 2.53. The summed E-state index contributed by atoms with van der Waals surface area (Å²) in [4.78, 5) is 2.11. The maximum Gasteiger partial charge on any atom is 0.119 e. The first-order chi connectivity index (χ1) is 9.54. The minimum Gasteiger partial charge on any atom is -0.491 e. The number of likely N-dealkylation sites (tertiary alicyclic amines) is 1. The second-order valence-corrected chi connectivity index (χ2v) is 5.87. The highest BCUT2D eigenvalue weighted by Gasteiger charge is 2.25. The normalized spacial score (nSPS) is 25.4. The molecule has 1 aliphatic heterocycles. The van der Waals surface area contributed by atoms with Gasteiger partial charge in [-0.1, -0.05) is 19.1 Å². The van der Waals surface area contributed by atoms with Gasteiger partial charge in [0.1, 0.15) is 18.5 Å². The quantitative estimate of drug-likeness (QED) is 0.856. The van der Waals surface area contributed by atoms with E-state index in [2.05, 4.69) is 11.8 Å². The molecule has 4 nitrogen and oxygen atoms in total. The summed E-state index contributed by atoms with van der Waals surface area (Å²) in [5.74, 6) is 1.14. The summed E-state index contributed by atoms with van der Waals surface area (Å²) in [5.41, 5.74) is 1.14. The molecule has 1 saturated heterocycles. The molecule has 20 heavy (non-hydrogen) atoms. The zero-order valence-corrected chi connectivity index (χ0v) is 12.3. The second kappa shape index (κ2) is 7.07. The van der Waals surface area contributed by atoms with Crippen LogP contribution in [0.25, 0.3) is 0 Å². The van der Waals surface area contributed by atoms with Gasteiger partial charge in [-0.05, 0) is 43.5 Å². The van der Waals surface area contributed by atoms with Crippen LogP contribution in [0.5, 0.6) is 5.75 Å². The van der Waals surface area contributed by atoms with Gasteiger partial charge in [0.25, 0.3) is 0 Å². The number of rotatable bonds is 5. The van der Waals surface area contributed by atoms with Gasteiger partial charge in [0.05, 0.1) is 6.10 Å². The van der Waals surface area contributed by atoms with Crippen molar-refractivity contribution in [3.8, 4) is 5.75 Å². The Morgan fingerprint density at radius 3 is 2.95 bits per heavy atom. The van der Waals surface area contributed by atoms with Gasteiger partial charge in [-0.3, -0.25) is 4.90 Å². The third kappa shape index (κ3) is 4.47. The van der Waals surface area contributed by atoms with Gasteiger partial charge >= 0.3 is 0 Å². The molecule has 0 radical (unpaired) electrons. The molecule has 3 atom stereocenters. The molecule has 4 heteroatoms. The van der Waals surface area contributed by atoms with Crippen molar-refractivity contribution in [3.05, 3.63) is 29.8 Å². The Morgan fingerprint density at radius 1 is 1.45 bits per heavy atom. The fourth-order valence-electron chi connectivity index (χ4n) is 2.53. The van der Waals surface area contributed by atoms with Crippen molar-refractivity contribution in [1.82, 2.24) is 4.90 Å². The standard InChI is InChI=1S/C16H25NO3/c1-12-4-3-5-15(8-12)20-11-14(18)9-17-7-6-13(2)16(19)10-17/h3-5,8,13-14,16,18-19H,6-7,9-11H2,1-2H3. The molecule has 0 aromatic heterocycles. The summed E-state index contributed by atoms with van der Waals surface area (Å²) in [6, 6.07) is 7.81. The van der Waals surface area contributed by atoms with Gasteiger partial charge in [0.2, 0.25) is 0 Å². The molecule has 2 rings (SSSR count). The number of aliphatic hydroxyl groups excluding tert-OH is 2. The highest BCUT2D eigenvalue weighted by Crippen LogP contribution is 2.17. The van der Waals surface area contributed by atoms with E-state index in [0.29, 0.717) is 19.0 Å². The van der Waals surface area contributed by atoms with E-state index in [1.165, 1.54) is 0 Å². The molecule has 0 aliphatic carbocycles. The Morgan fingerprint density at radius 2 is 2.25 bits per heavy atom. The topological polar surface area (TPSA) is 52.9 Å². The van der Waals surface area contributed by atoms with Crippen molar-refractivity contribution in [2.75, 3.05) is 26.2 Å². The first-order valence-corrected chi connectivity index (χ1v) is 7.32. The van der Waals surface area contributed by atoms with Crippen LogP contribution < -0.4 is 4.74 Å². The zero-order chi connectivity index (χ0) is 14.5. The highest BCUT2D eigenvalue weighted by atomic mass is 16.5. The number of nitrogens with zero attached hydrogens (tertiary/aromatic N) is 1. The Hall–Kier alpha value is -1.10. The van der Waals surface area contributed by atoms with E-state index in [1.807, 2.05) is 31.2 Å². The lowest BCUT2D eigenvalue weighted by Crippen LogP contribution is -2.46. The molecular formula is C16H25NO3. The van der Waals surface area contributed by atoms with E-state index in [-0.39, 0.29) is 12.7 Å². The number of hydrogen-bond acceptors (Lipinski definition) is 4. The minimum atomic E-state index is -0.531. The minimum absolute atomic E-state index is 0.283. The predicted octanol–water partition coefficient (Wildman–Crippen LogP) is 1.44. The van der Waals surface area contributed by atoms with E-state index < -0.39 is 6.10 Å². The van der Waals surface area contributed by atoms with Crippen LogP contribution in [-0.4, -0.2) is 53.6 Å². The summed E-state index contributed by atoms with van der Waals surface area (Å²) < 4.78 is 5.60. The molecule has 1 heterocycles. The molecule has 0 bridgehead atoms. The van der Waals surface area contributed by atoms with Crippen LogP contribution in [0.1, 0.15) is 18.9 Å². The number of aryl methyl sites for hydroxylation is 1. The number of β-amino-alcohol motifs (C(OH)–C–C–N with tert-alkyl or cyclic N) is 2. The molecule has 112 valence electrons. The average molecular weight is 279 g/mol. The fraction of sp³-hybridized carbons (Fsp3) is 0.625. The maximum atomic E-state index is 10.0. The van der Waals surface area contributed by atoms with Crippen molar-refractivity contribution in [1.29, 1.82) is 0 Å². The molecule has 1 fully saturated rings. The number of benzene rings is 1. The molecule has 1 aliphatic rings. The van der Waals surface area contributed by atoms with Crippen molar-refractivity contribution in [2.45, 2.75) is 32.5 Å². The van der Waals surface area contributed by atoms with Crippen LogP contribution in [0.2, 0.25) is 0 Å². The molecule has 0 spiro atoms. The largest absolute Gasteiger partial charge is 0.491 e. The lowest BCUT2D eigenvalue weighted by Gasteiger charge is -2.35. The summed E-state index contributed by atoms with van der Waals surface area (Å²) in [6.07, 6.45) is 0.164. The van der Waals surface area contributed by atoms with Crippen LogP contribution in [0.15, 0.2) is 24.3 Å². The van der Waals surface area contributed by atoms with Crippen molar-refractivity contribution in [2.24, 2.45) is 5.92 Å². The van der Waals surface area contributed by atoms with Crippen LogP contribution in [-0.2, 0) is 0 Å². The Labute approximate surface area is 121 Å². The van der Waals surface area contributed by atoms with Gasteiger partial charge in [-0.25, -0.2) is 0 Å². The zero-order valence-electron chi connectivity index (χ0n) is 12.3. The Kier molecular flexibility index (Phi) is 5.40. The number of aliphatic hydroxyl groups is 2. The summed E-state index contributed by atoms with van der Waals surface area (Å²) in [6.45, 7) is 6.49. The summed E-state index contributed by atoms with van der Waals surface area (Å²) >= 11 is 0. The lowest BCUT2D eigenvalue weighted by atomic mass is 9.96. The number of hydrogen-bond donors (Lipinski definition) is 2. The van der Waals surface area contributed by atoms with Gasteiger partial charge in [0.15, 0.2) is 0 Å². The summed E-state index contributed by atoms with van der Waals surface area (Å²) in [5, 5.41) is 19.9. The van der Waals surface area contributed by atoms with Crippen molar-refractivity contribution in [3.63, 3.8) is 0 Å². The number of piperidine rings is 1. The van der Waals surface area contributed by atoms with E-state index in [4.69, 9.17) is 4.74 Å². The van der Waals surface area contributed by atoms with Crippen LogP contribution in [0, 0.1) is 12.8 Å². The smallest absolute Gasteiger partial charge is 0.119 e. The molecule has 0 saturated carbocycles. The highest BCUT2D eigenvalue weighted by molar-refractivity contribution is 5.27. The van der Waals surface area contributed by atoms with Gasteiger partial charge < -0.3 is 14.9 Å². The van der Waals surface area contributed by atoms with Crippen LogP contribution in [0.3, 0.4) is 0 Å². The first kappa shape index (κ1) is 15.3. The SMILES string of the molecule is Cc1cccc(OCC(O)CN2CCC(C)C(O)C2)c1. The van der Waals surface area contributed by atoms with Crippen molar-refractivity contribution < 1.29 is 14.9 Å². The molecule has 2 N–H and O–H groups in total. The van der Waals surface area contributed by atoms with Gasteiger partial charge in [-0.15, -0.1) is 0 Å². The molecule has 3 unspecified atom stereocenters. The van der Waals surface area contributed by atoms with E-state index >= 15 is 0 Å².